The molecule has 21 heavy (non-hydrogen) atoms. The van der Waals surface area contributed by atoms with E-state index in [2.05, 4.69) is 5.32 Å². The zero-order valence-corrected chi connectivity index (χ0v) is 12.5. The highest BCUT2D eigenvalue weighted by Gasteiger charge is 2.46. The number of hydrogen-bond donors (Lipinski definition) is 1. The smallest absolute Gasteiger partial charge is 0.382 e. The predicted octanol–water partition coefficient (Wildman–Crippen LogP) is 5.88. The molecular weight excluding hydrogens is 299 g/mol. The van der Waals surface area contributed by atoms with Gasteiger partial charge in [-0.3, -0.25) is 0 Å². The van der Waals surface area contributed by atoms with Crippen LogP contribution in [-0.2, 0) is 6.18 Å². The Labute approximate surface area is 127 Å². The lowest BCUT2D eigenvalue weighted by Gasteiger charge is -2.52. The molecule has 1 spiro atoms. The number of nitrogens with one attached hydrogen (secondary N) is 1. The second-order valence-corrected chi connectivity index (χ2v) is 6.82. The van der Waals surface area contributed by atoms with Gasteiger partial charge in [0.05, 0.1) is 5.56 Å². The highest BCUT2D eigenvalue weighted by molar-refractivity contribution is 6.30. The van der Waals surface area contributed by atoms with Crippen LogP contribution in [0.5, 0.6) is 0 Å². The zero-order chi connectivity index (χ0) is 15.1. The van der Waals surface area contributed by atoms with Crippen LogP contribution in [0.4, 0.5) is 18.9 Å². The van der Waals surface area contributed by atoms with Crippen LogP contribution in [0.1, 0.15) is 50.5 Å². The molecule has 2 aliphatic rings. The van der Waals surface area contributed by atoms with Crippen molar-refractivity contribution in [3.8, 4) is 0 Å². The molecule has 0 saturated heterocycles. The number of anilines is 1. The van der Waals surface area contributed by atoms with Gasteiger partial charge in [0.1, 0.15) is 0 Å². The van der Waals surface area contributed by atoms with Crippen LogP contribution in [0.25, 0.3) is 0 Å². The number of rotatable bonds is 2. The topological polar surface area (TPSA) is 12.0 Å². The van der Waals surface area contributed by atoms with E-state index in [4.69, 9.17) is 11.6 Å². The van der Waals surface area contributed by atoms with Crippen molar-refractivity contribution in [3.05, 3.63) is 28.8 Å². The molecule has 2 fully saturated rings. The SMILES string of the molecule is FC(F)(F)c1cc(Cl)cc(NC2CCC23CCCCC3)c1. The average molecular weight is 318 g/mol. The first-order chi connectivity index (χ1) is 9.89. The molecule has 1 atom stereocenters. The molecule has 0 amide bonds. The third kappa shape index (κ3) is 3.01. The molecule has 2 saturated carbocycles. The van der Waals surface area contributed by atoms with E-state index < -0.39 is 11.7 Å². The first-order valence-corrected chi connectivity index (χ1v) is 7.91. The van der Waals surface area contributed by atoms with Gasteiger partial charge in [0, 0.05) is 16.8 Å². The van der Waals surface area contributed by atoms with Crippen LogP contribution in [0.3, 0.4) is 0 Å². The molecule has 1 aromatic rings. The van der Waals surface area contributed by atoms with Gasteiger partial charge in [0.2, 0.25) is 0 Å². The Morgan fingerprint density at radius 3 is 2.33 bits per heavy atom. The first-order valence-electron chi connectivity index (χ1n) is 7.53. The Balaban J connectivity index is 1.77. The normalized spacial score (nSPS) is 24.7. The van der Waals surface area contributed by atoms with Crippen LogP contribution in [0, 0.1) is 5.41 Å². The summed E-state index contributed by atoms with van der Waals surface area (Å²) < 4.78 is 38.5. The number of halogens is 4. The van der Waals surface area contributed by atoms with Crippen LogP contribution in [-0.4, -0.2) is 6.04 Å². The quantitative estimate of drug-likeness (QED) is 0.717. The summed E-state index contributed by atoms with van der Waals surface area (Å²) in [7, 11) is 0. The van der Waals surface area contributed by atoms with Crippen molar-refractivity contribution in [3.63, 3.8) is 0 Å². The van der Waals surface area contributed by atoms with E-state index in [0.717, 1.165) is 12.5 Å². The Morgan fingerprint density at radius 2 is 1.76 bits per heavy atom. The Bertz CT molecular complexity index is 521. The molecule has 116 valence electrons. The summed E-state index contributed by atoms with van der Waals surface area (Å²) >= 11 is 5.84. The minimum Gasteiger partial charge on any atom is -0.382 e. The zero-order valence-electron chi connectivity index (χ0n) is 11.8. The lowest BCUT2D eigenvalue weighted by Crippen LogP contribution is -2.50. The molecule has 3 rings (SSSR count). The summed E-state index contributed by atoms with van der Waals surface area (Å²) in [5, 5.41) is 3.44. The minimum atomic E-state index is -4.36. The summed E-state index contributed by atoms with van der Waals surface area (Å²) in [6.07, 6.45) is 4.01. The fourth-order valence-electron chi connectivity index (χ4n) is 3.81. The number of hydrogen-bond acceptors (Lipinski definition) is 1. The fraction of sp³-hybridized carbons (Fsp3) is 0.625. The second-order valence-electron chi connectivity index (χ2n) is 6.38. The maximum atomic E-state index is 12.8. The molecule has 0 heterocycles. The highest BCUT2D eigenvalue weighted by atomic mass is 35.5. The largest absolute Gasteiger partial charge is 0.416 e. The van der Waals surface area contributed by atoms with Crippen molar-refractivity contribution in [2.75, 3.05) is 5.32 Å². The monoisotopic (exact) mass is 317 g/mol. The van der Waals surface area contributed by atoms with E-state index in [9.17, 15) is 13.2 Å². The van der Waals surface area contributed by atoms with Crippen molar-refractivity contribution in [2.45, 2.75) is 57.2 Å². The van der Waals surface area contributed by atoms with Gasteiger partial charge in [0.15, 0.2) is 0 Å². The van der Waals surface area contributed by atoms with Crippen LogP contribution in [0.15, 0.2) is 18.2 Å². The van der Waals surface area contributed by atoms with Gasteiger partial charge < -0.3 is 5.32 Å². The molecule has 5 heteroatoms. The Kier molecular flexibility index (Phi) is 3.85. The minimum absolute atomic E-state index is 0.129. The maximum Gasteiger partial charge on any atom is 0.416 e. The second kappa shape index (κ2) is 5.38. The van der Waals surface area contributed by atoms with Gasteiger partial charge in [-0.25, -0.2) is 0 Å². The van der Waals surface area contributed by atoms with Gasteiger partial charge in [-0.05, 0) is 49.3 Å². The Morgan fingerprint density at radius 1 is 1.05 bits per heavy atom. The summed E-state index contributed by atoms with van der Waals surface area (Å²) in [5.74, 6) is 0. The fourth-order valence-corrected chi connectivity index (χ4v) is 4.05. The molecule has 1 aromatic carbocycles. The van der Waals surface area contributed by atoms with Crippen molar-refractivity contribution >= 4 is 17.3 Å². The molecule has 2 aliphatic carbocycles. The van der Waals surface area contributed by atoms with Crippen molar-refractivity contribution in [1.82, 2.24) is 0 Å². The number of benzene rings is 1. The van der Waals surface area contributed by atoms with Crippen molar-refractivity contribution in [2.24, 2.45) is 5.41 Å². The lowest BCUT2D eigenvalue weighted by molar-refractivity contribution is -0.137. The maximum absolute atomic E-state index is 12.8. The average Bonchev–Trinajstić information content (AvgIpc) is 2.43. The van der Waals surface area contributed by atoms with Gasteiger partial charge in [-0.15, -0.1) is 0 Å². The van der Waals surface area contributed by atoms with Gasteiger partial charge in [-0.1, -0.05) is 30.9 Å². The van der Waals surface area contributed by atoms with E-state index in [1.165, 1.54) is 44.6 Å². The Hall–Kier alpha value is -0.900. The lowest BCUT2D eigenvalue weighted by atomic mass is 9.57. The molecule has 0 aromatic heterocycles. The third-order valence-corrected chi connectivity index (χ3v) is 5.30. The summed E-state index contributed by atoms with van der Waals surface area (Å²) in [6.45, 7) is 0. The van der Waals surface area contributed by atoms with Gasteiger partial charge >= 0.3 is 6.18 Å². The molecule has 0 radical (unpaired) electrons. The third-order valence-electron chi connectivity index (χ3n) is 5.09. The molecule has 1 N–H and O–H groups in total. The van der Waals surface area contributed by atoms with Gasteiger partial charge in [0.25, 0.3) is 0 Å². The molecule has 1 unspecified atom stereocenters. The van der Waals surface area contributed by atoms with Crippen LogP contribution >= 0.6 is 11.6 Å². The highest BCUT2D eigenvalue weighted by Crippen LogP contribution is 2.52. The number of alkyl halides is 3. The van der Waals surface area contributed by atoms with Crippen molar-refractivity contribution in [1.29, 1.82) is 0 Å². The van der Waals surface area contributed by atoms with E-state index >= 15 is 0 Å². The molecule has 1 nitrogen and oxygen atoms in total. The summed E-state index contributed by atoms with van der Waals surface area (Å²) in [4.78, 5) is 0. The van der Waals surface area contributed by atoms with E-state index in [0.29, 0.717) is 11.1 Å². The summed E-state index contributed by atoms with van der Waals surface area (Å²) in [5.41, 5.74) is 0.109. The van der Waals surface area contributed by atoms with Crippen LogP contribution < -0.4 is 5.32 Å². The van der Waals surface area contributed by atoms with E-state index in [1.54, 1.807) is 6.07 Å². The molecular formula is C16H19ClF3N. The summed E-state index contributed by atoms with van der Waals surface area (Å²) in [6, 6.07) is 4.02. The predicted molar refractivity (Wildman–Crippen MR) is 78.6 cm³/mol. The van der Waals surface area contributed by atoms with Crippen molar-refractivity contribution < 1.29 is 13.2 Å². The standard InChI is InChI=1S/C16H19ClF3N/c17-12-8-11(16(18,19)20)9-13(10-12)21-14-4-7-15(14)5-2-1-3-6-15/h8-10,14,21H,1-7H2. The van der Waals surface area contributed by atoms with Crippen LogP contribution in [0.2, 0.25) is 5.02 Å². The van der Waals surface area contributed by atoms with E-state index in [1.807, 2.05) is 0 Å². The molecule has 0 bridgehead atoms. The van der Waals surface area contributed by atoms with Gasteiger partial charge in [-0.2, -0.15) is 13.2 Å². The molecule has 0 aliphatic heterocycles. The first kappa shape index (κ1) is 15.0. The van der Waals surface area contributed by atoms with E-state index in [-0.39, 0.29) is 11.1 Å².